The minimum Gasteiger partial charge on any atom is -0.166 e. The summed E-state index contributed by atoms with van der Waals surface area (Å²) < 4.78 is 82.9. The Morgan fingerprint density at radius 2 is 0.971 bits per heavy atom. The van der Waals surface area contributed by atoms with Gasteiger partial charge in [-0.2, -0.15) is 26.3 Å². The van der Waals surface area contributed by atoms with Crippen molar-refractivity contribution < 1.29 is 26.3 Å². The largest absolute Gasteiger partial charge is 0.417 e. The van der Waals surface area contributed by atoms with E-state index in [1.54, 1.807) is 0 Å². The van der Waals surface area contributed by atoms with E-state index >= 15 is 0 Å². The zero-order chi connectivity index (χ0) is 25.1. The normalized spacial score (nSPS) is 17.1. The fraction of sp³-hybridized carbons (Fsp3) is 0.429. The number of halogens is 6. The Labute approximate surface area is 205 Å². The van der Waals surface area contributed by atoms with Crippen LogP contribution in [0.1, 0.15) is 73.6 Å². The van der Waals surface area contributed by atoms with Crippen molar-refractivity contribution in [2.45, 2.75) is 73.5 Å². The highest BCUT2D eigenvalue weighted by Crippen LogP contribution is 2.42. The summed E-state index contributed by atoms with van der Waals surface area (Å²) in [6, 6.07) is 7.43. The molecule has 0 bridgehead atoms. The molecule has 2 aliphatic rings. The quantitative estimate of drug-likeness (QED) is 0.289. The lowest BCUT2D eigenvalue weighted by atomic mass is 10.0. The van der Waals surface area contributed by atoms with Crippen molar-refractivity contribution in [3.05, 3.63) is 58.7 Å². The molecule has 0 amide bonds. The number of hydrogen-bond acceptors (Lipinski definition) is 1. The number of benzene rings is 2. The van der Waals surface area contributed by atoms with Gasteiger partial charge in [-0.25, -0.2) is 0 Å². The average molecular weight is 507 g/mol. The Kier molecular flexibility index (Phi) is 7.77. The Balaban J connectivity index is 1.79. The summed E-state index contributed by atoms with van der Waals surface area (Å²) in [5.41, 5.74) is -2.13. The third-order valence-electron chi connectivity index (χ3n) is 6.40. The predicted octanol–water partition coefficient (Wildman–Crippen LogP) is 8.96. The molecule has 0 nitrogen and oxygen atoms in total. The Morgan fingerprint density at radius 1 is 0.600 bits per heavy atom. The smallest absolute Gasteiger partial charge is 0.166 e. The van der Waals surface area contributed by atoms with E-state index in [1.807, 2.05) is 0 Å². The second-order valence-electron chi connectivity index (χ2n) is 8.96. The molecular weight excluding hydrogens is 482 g/mol. The Hall–Kier alpha value is -2.51. The van der Waals surface area contributed by atoms with E-state index in [0.29, 0.717) is 0 Å². The highest BCUT2D eigenvalue weighted by molar-refractivity contribution is 7.99. The van der Waals surface area contributed by atoms with Crippen LogP contribution >= 0.6 is 11.8 Å². The molecule has 0 radical (unpaired) electrons. The molecule has 2 aromatic rings. The van der Waals surface area contributed by atoms with Gasteiger partial charge in [0.1, 0.15) is 0 Å². The third-order valence-corrected chi connectivity index (χ3v) is 7.52. The number of hydrogen-bond donors (Lipinski definition) is 0. The van der Waals surface area contributed by atoms with E-state index in [1.165, 1.54) is 24.3 Å². The average Bonchev–Trinajstić information content (AvgIpc) is 3.50. The van der Waals surface area contributed by atoms with Crippen LogP contribution in [0.5, 0.6) is 0 Å². The molecule has 0 spiro atoms. The van der Waals surface area contributed by atoms with Gasteiger partial charge in [-0.15, -0.1) is 0 Å². The first-order valence-corrected chi connectivity index (χ1v) is 12.6. The summed E-state index contributed by atoms with van der Waals surface area (Å²) in [6.07, 6.45) is -1.90. The molecule has 0 aliphatic heterocycles. The first-order chi connectivity index (χ1) is 16.6. The van der Waals surface area contributed by atoms with Crippen molar-refractivity contribution >= 4 is 11.8 Å². The SMILES string of the molecule is FC(F)(F)c1cccc(Sc2cccc(C(F)(F)F)c2C#CC2CCCC2)c1C#CC1CCCC1. The molecule has 7 heteroatoms. The first kappa shape index (κ1) is 25.6. The maximum Gasteiger partial charge on any atom is 0.417 e. The lowest BCUT2D eigenvalue weighted by molar-refractivity contribution is -0.138. The van der Waals surface area contributed by atoms with Crippen LogP contribution in [0, 0.1) is 35.5 Å². The highest BCUT2D eigenvalue weighted by atomic mass is 32.2. The fourth-order valence-corrected chi connectivity index (χ4v) is 5.63. The summed E-state index contributed by atoms with van der Waals surface area (Å²) >= 11 is 0.861. The van der Waals surface area contributed by atoms with Crippen LogP contribution < -0.4 is 0 Å². The summed E-state index contributed by atoms with van der Waals surface area (Å²) in [5.74, 6) is 11.5. The van der Waals surface area contributed by atoms with Crippen molar-refractivity contribution in [1.82, 2.24) is 0 Å². The van der Waals surface area contributed by atoms with Gasteiger partial charge in [0.05, 0.1) is 22.3 Å². The van der Waals surface area contributed by atoms with Crippen LogP contribution in [0.3, 0.4) is 0 Å². The van der Waals surface area contributed by atoms with Gasteiger partial charge in [0.15, 0.2) is 0 Å². The Morgan fingerprint density at radius 3 is 1.31 bits per heavy atom. The lowest BCUT2D eigenvalue weighted by Crippen LogP contribution is -2.09. The van der Waals surface area contributed by atoms with E-state index in [-0.39, 0.29) is 32.8 Å². The molecule has 184 valence electrons. The second-order valence-corrected chi connectivity index (χ2v) is 10.0. The zero-order valence-corrected chi connectivity index (χ0v) is 19.8. The predicted molar refractivity (Wildman–Crippen MR) is 125 cm³/mol. The van der Waals surface area contributed by atoms with Crippen LogP contribution in [0.25, 0.3) is 0 Å². The second kappa shape index (κ2) is 10.6. The van der Waals surface area contributed by atoms with Crippen molar-refractivity contribution in [1.29, 1.82) is 0 Å². The van der Waals surface area contributed by atoms with Gasteiger partial charge in [0.2, 0.25) is 0 Å². The minimum atomic E-state index is -4.63. The van der Waals surface area contributed by atoms with E-state index < -0.39 is 23.5 Å². The molecule has 0 aromatic heterocycles. The van der Waals surface area contributed by atoms with Crippen LogP contribution in [0.15, 0.2) is 46.2 Å². The first-order valence-electron chi connectivity index (χ1n) is 11.7. The van der Waals surface area contributed by atoms with E-state index in [0.717, 1.165) is 75.3 Å². The third kappa shape index (κ3) is 6.39. The molecule has 0 N–H and O–H groups in total. The molecule has 4 rings (SSSR count). The summed E-state index contributed by atoms with van der Waals surface area (Å²) in [7, 11) is 0. The maximum atomic E-state index is 13.8. The minimum absolute atomic E-state index is 0.0375. The number of alkyl halides is 6. The molecule has 35 heavy (non-hydrogen) atoms. The van der Waals surface area contributed by atoms with Gasteiger partial charge >= 0.3 is 12.4 Å². The maximum absolute atomic E-state index is 13.8. The monoisotopic (exact) mass is 506 g/mol. The molecule has 0 saturated heterocycles. The van der Waals surface area contributed by atoms with Gasteiger partial charge in [-0.1, -0.05) is 73.3 Å². The topological polar surface area (TPSA) is 0 Å². The van der Waals surface area contributed by atoms with Crippen LogP contribution in [0.4, 0.5) is 26.3 Å². The van der Waals surface area contributed by atoms with E-state index in [9.17, 15) is 26.3 Å². The summed E-state index contributed by atoms with van der Waals surface area (Å²) in [5, 5.41) is 0. The van der Waals surface area contributed by atoms with Gasteiger partial charge in [-0.05, 0) is 49.9 Å². The van der Waals surface area contributed by atoms with Gasteiger partial charge in [0, 0.05) is 21.6 Å². The van der Waals surface area contributed by atoms with Gasteiger partial charge in [0.25, 0.3) is 0 Å². The molecule has 0 unspecified atom stereocenters. The Bertz CT molecular complexity index is 1080. The molecule has 2 fully saturated rings. The van der Waals surface area contributed by atoms with Crippen molar-refractivity contribution in [2.75, 3.05) is 0 Å². The van der Waals surface area contributed by atoms with E-state index in [2.05, 4.69) is 23.7 Å². The zero-order valence-electron chi connectivity index (χ0n) is 19.0. The molecular formula is C28H24F6S. The molecule has 2 aromatic carbocycles. The molecule has 0 heterocycles. The molecule has 0 atom stereocenters. The van der Waals surface area contributed by atoms with Crippen molar-refractivity contribution in [3.8, 4) is 23.7 Å². The standard InChI is InChI=1S/C28H24F6S/c29-27(30,31)23-11-5-13-25(21(23)17-15-19-7-1-2-8-19)35-26-14-6-12-24(28(32,33)34)22(26)18-16-20-9-3-4-10-20/h5-6,11-14,19-20H,1-4,7-10H2. The van der Waals surface area contributed by atoms with E-state index in [4.69, 9.17) is 0 Å². The molecule has 2 aliphatic carbocycles. The van der Waals surface area contributed by atoms with Gasteiger partial charge < -0.3 is 0 Å². The lowest BCUT2D eigenvalue weighted by Gasteiger charge is -2.16. The molecule has 2 saturated carbocycles. The van der Waals surface area contributed by atoms with Crippen LogP contribution in [-0.2, 0) is 12.4 Å². The van der Waals surface area contributed by atoms with Crippen molar-refractivity contribution in [2.24, 2.45) is 11.8 Å². The highest BCUT2D eigenvalue weighted by Gasteiger charge is 2.36. The fourth-order valence-electron chi connectivity index (χ4n) is 4.57. The van der Waals surface area contributed by atoms with Gasteiger partial charge in [-0.3, -0.25) is 0 Å². The number of rotatable bonds is 2. The van der Waals surface area contributed by atoms with Crippen molar-refractivity contribution in [3.63, 3.8) is 0 Å². The summed E-state index contributed by atoms with van der Waals surface area (Å²) in [6.45, 7) is 0. The summed E-state index contributed by atoms with van der Waals surface area (Å²) in [4.78, 5) is 0.349. The van der Waals surface area contributed by atoms with Crippen LogP contribution in [-0.4, -0.2) is 0 Å². The van der Waals surface area contributed by atoms with Crippen LogP contribution in [0.2, 0.25) is 0 Å².